The summed E-state index contributed by atoms with van der Waals surface area (Å²) in [7, 11) is 2.16. The van der Waals surface area contributed by atoms with Crippen LogP contribution in [0.4, 0.5) is 5.00 Å². The quantitative estimate of drug-likeness (QED) is 0.812. The third-order valence-electron chi connectivity index (χ3n) is 5.53. The molecule has 0 radical (unpaired) electrons. The van der Waals surface area contributed by atoms with Crippen molar-refractivity contribution in [3.05, 3.63) is 36.0 Å². The number of benzene rings is 1. The molecule has 27 heavy (non-hydrogen) atoms. The van der Waals surface area contributed by atoms with Gasteiger partial charge in [-0.15, -0.1) is 0 Å². The van der Waals surface area contributed by atoms with Crippen molar-refractivity contribution in [1.29, 1.82) is 0 Å². The standard InChI is InChI=1S/C21H28N4OS/c1-23-13-15-24(16-14-23)12-10-19(26)25-11-6-5-9-18-21(25)27-20(22-18)17-7-3-2-4-8-17/h2-4,7-8H,5-6,9-16H2,1H3. The van der Waals surface area contributed by atoms with Crippen LogP contribution < -0.4 is 4.90 Å². The average molecular weight is 385 g/mol. The number of nitrogens with zero attached hydrogens (tertiary/aromatic N) is 4. The molecule has 3 heterocycles. The Balaban J connectivity index is 1.47. The summed E-state index contributed by atoms with van der Waals surface area (Å²) in [6.07, 6.45) is 3.74. The van der Waals surface area contributed by atoms with Crippen LogP contribution in [0.5, 0.6) is 0 Å². The largest absolute Gasteiger partial charge is 0.304 e. The van der Waals surface area contributed by atoms with Gasteiger partial charge in [0.2, 0.25) is 5.91 Å². The maximum Gasteiger partial charge on any atom is 0.228 e. The van der Waals surface area contributed by atoms with Crippen LogP contribution in [-0.4, -0.2) is 67.0 Å². The molecule has 0 spiro atoms. The fourth-order valence-electron chi connectivity index (χ4n) is 3.78. The van der Waals surface area contributed by atoms with Gasteiger partial charge in [-0.1, -0.05) is 41.7 Å². The van der Waals surface area contributed by atoms with Gasteiger partial charge in [0.05, 0.1) is 5.69 Å². The first kappa shape index (κ1) is 18.6. The van der Waals surface area contributed by atoms with E-state index >= 15 is 0 Å². The average Bonchev–Trinajstić information content (AvgIpc) is 3.02. The van der Waals surface area contributed by atoms with Crippen molar-refractivity contribution in [3.8, 4) is 10.6 Å². The van der Waals surface area contributed by atoms with E-state index < -0.39 is 0 Å². The zero-order valence-electron chi connectivity index (χ0n) is 16.1. The van der Waals surface area contributed by atoms with Crippen LogP contribution in [0.25, 0.3) is 10.6 Å². The van der Waals surface area contributed by atoms with E-state index in [9.17, 15) is 4.79 Å². The van der Waals surface area contributed by atoms with Gasteiger partial charge in [-0.3, -0.25) is 4.79 Å². The maximum absolute atomic E-state index is 13.0. The van der Waals surface area contributed by atoms with Crippen LogP contribution >= 0.6 is 11.3 Å². The van der Waals surface area contributed by atoms with Gasteiger partial charge in [0.1, 0.15) is 10.0 Å². The molecular weight excluding hydrogens is 356 g/mol. The number of anilines is 1. The fourth-order valence-corrected chi connectivity index (χ4v) is 4.95. The lowest BCUT2D eigenvalue weighted by Crippen LogP contribution is -2.45. The van der Waals surface area contributed by atoms with E-state index in [0.29, 0.717) is 6.42 Å². The number of carbonyl (C=O) groups excluding carboxylic acids is 1. The summed E-state index contributed by atoms with van der Waals surface area (Å²) in [5.74, 6) is 0.250. The molecule has 1 aromatic heterocycles. The number of fused-ring (bicyclic) bond motifs is 1. The Morgan fingerprint density at radius 2 is 1.85 bits per heavy atom. The van der Waals surface area contributed by atoms with Crippen LogP contribution in [0.1, 0.15) is 25.0 Å². The van der Waals surface area contributed by atoms with E-state index in [-0.39, 0.29) is 5.91 Å². The minimum atomic E-state index is 0.250. The Bertz CT molecular complexity index is 768. The molecule has 0 atom stereocenters. The molecule has 0 bridgehead atoms. The van der Waals surface area contributed by atoms with E-state index in [1.54, 1.807) is 11.3 Å². The van der Waals surface area contributed by atoms with E-state index in [1.807, 2.05) is 23.1 Å². The highest BCUT2D eigenvalue weighted by Crippen LogP contribution is 2.37. The van der Waals surface area contributed by atoms with E-state index in [1.165, 1.54) is 0 Å². The Morgan fingerprint density at radius 3 is 2.63 bits per heavy atom. The molecule has 1 saturated heterocycles. The van der Waals surface area contributed by atoms with Crippen LogP contribution in [0.2, 0.25) is 0 Å². The van der Waals surface area contributed by atoms with Gasteiger partial charge in [0, 0.05) is 51.3 Å². The lowest BCUT2D eigenvalue weighted by Gasteiger charge is -2.32. The second-order valence-corrected chi connectivity index (χ2v) is 8.51. The molecule has 0 N–H and O–H groups in total. The third-order valence-corrected chi connectivity index (χ3v) is 6.70. The highest BCUT2D eigenvalue weighted by molar-refractivity contribution is 7.19. The van der Waals surface area contributed by atoms with Crippen molar-refractivity contribution in [2.75, 3.05) is 51.2 Å². The number of amides is 1. The van der Waals surface area contributed by atoms with Gasteiger partial charge in [-0.25, -0.2) is 4.98 Å². The minimum absolute atomic E-state index is 0.250. The summed E-state index contributed by atoms with van der Waals surface area (Å²) < 4.78 is 0. The molecule has 1 fully saturated rings. The van der Waals surface area contributed by atoms with E-state index in [2.05, 4.69) is 29.0 Å². The lowest BCUT2D eigenvalue weighted by molar-refractivity contribution is -0.119. The van der Waals surface area contributed by atoms with Gasteiger partial charge in [0.15, 0.2) is 0 Å². The van der Waals surface area contributed by atoms with Crippen molar-refractivity contribution in [2.24, 2.45) is 0 Å². The highest BCUT2D eigenvalue weighted by Gasteiger charge is 2.26. The molecular formula is C21H28N4OS. The number of carbonyl (C=O) groups is 1. The molecule has 4 rings (SSSR count). The van der Waals surface area contributed by atoms with E-state index in [4.69, 9.17) is 4.98 Å². The van der Waals surface area contributed by atoms with Crippen molar-refractivity contribution in [1.82, 2.24) is 14.8 Å². The van der Waals surface area contributed by atoms with Crippen LogP contribution in [0.15, 0.2) is 30.3 Å². The smallest absolute Gasteiger partial charge is 0.228 e. The summed E-state index contributed by atoms with van der Waals surface area (Å²) in [5, 5.41) is 2.11. The first-order chi connectivity index (χ1) is 13.2. The van der Waals surface area contributed by atoms with Gasteiger partial charge in [-0.05, 0) is 26.3 Å². The zero-order valence-corrected chi connectivity index (χ0v) is 16.9. The Labute approximate surface area is 165 Å². The van der Waals surface area contributed by atoms with Crippen molar-refractivity contribution < 1.29 is 4.79 Å². The number of thiazole rings is 1. The molecule has 0 aliphatic carbocycles. The molecule has 6 heteroatoms. The predicted molar refractivity (Wildman–Crippen MR) is 111 cm³/mol. The number of aryl methyl sites for hydroxylation is 1. The summed E-state index contributed by atoms with van der Waals surface area (Å²) in [6.45, 7) is 6.00. The molecule has 0 saturated carbocycles. The van der Waals surface area contributed by atoms with Crippen molar-refractivity contribution >= 4 is 22.2 Å². The van der Waals surface area contributed by atoms with Crippen LogP contribution in [0.3, 0.4) is 0 Å². The molecule has 5 nitrogen and oxygen atoms in total. The van der Waals surface area contributed by atoms with Crippen LogP contribution in [0, 0.1) is 0 Å². The number of likely N-dealkylation sites (N-methyl/N-ethyl adjacent to an activating group) is 1. The Hall–Kier alpha value is -1.76. The molecule has 1 amide bonds. The minimum Gasteiger partial charge on any atom is -0.304 e. The predicted octanol–water partition coefficient (Wildman–Crippen LogP) is 3.12. The number of hydrogen-bond acceptors (Lipinski definition) is 5. The number of piperazine rings is 1. The van der Waals surface area contributed by atoms with Gasteiger partial charge < -0.3 is 14.7 Å². The topological polar surface area (TPSA) is 39.7 Å². The SMILES string of the molecule is CN1CCN(CCC(=O)N2CCCCc3nc(-c4ccccc4)sc32)CC1. The van der Waals surface area contributed by atoms with Crippen molar-refractivity contribution in [3.63, 3.8) is 0 Å². The summed E-state index contributed by atoms with van der Waals surface area (Å²) in [4.78, 5) is 24.7. The van der Waals surface area contributed by atoms with Gasteiger partial charge in [-0.2, -0.15) is 0 Å². The summed E-state index contributed by atoms with van der Waals surface area (Å²) >= 11 is 1.67. The molecule has 1 aromatic carbocycles. The summed E-state index contributed by atoms with van der Waals surface area (Å²) in [5.41, 5.74) is 2.24. The molecule has 2 aliphatic rings. The maximum atomic E-state index is 13.0. The number of aromatic nitrogens is 1. The van der Waals surface area contributed by atoms with Crippen molar-refractivity contribution in [2.45, 2.75) is 25.7 Å². The first-order valence-corrected chi connectivity index (χ1v) is 10.8. The molecule has 0 unspecified atom stereocenters. The number of hydrogen-bond donors (Lipinski definition) is 0. The van der Waals surface area contributed by atoms with Gasteiger partial charge in [0.25, 0.3) is 0 Å². The Morgan fingerprint density at radius 1 is 1.07 bits per heavy atom. The molecule has 144 valence electrons. The second-order valence-electron chi connectivity index (χ2n) is 7.53. The zero-order chi connectivity index (χ0) is 18.6. The highest BCUT2D eigenvalue weighted by atomic mass is 32.1. The normalized spacial score (nSPS) is 18.9. The van der Waals surface area contributed by atoms with Gasteiger partial charge >= 0.3 is 0 Å². The first-order valence-electron chi connectivity index (χ1n) is 9.97. The number of rotatable bonds is 4. The van der Waals surface area contributed by atoms with E-state index in [0.717, 1.165) is 79.8 Å². The lowest BCUT2D eigenvalue weighted by atomic mass is 10.2. The second kappa shape index (κ2) is 8.50. The molecule has 2 aliphatic heterocycles. The van der Waals surface area contributed by atoms with Crippen LogP contribution in [-0.2, 0) is 11.2 Å². The summed E-state index contributed by atoms with van der Waals surface area (Å²) in [6, 6.07) is 10.3. The fraction of sp³-hybridized carbons (Fsp3) is 0.524. The Kier molecular flexibility index (Phi) is 5.86. The monoisotopic (exact) mass is 384 g/mol. The molecule has 2 aromatic rings. The third kappa shape index (κ3) is 4.39.